The van der Waals surface area contributed by atoms with Gasteiger partial charge in [0.05, 0.1) is 6.42 Å². The Labute approximate surface area is 92.6 Å². The summed E-state index contributed by atoms with van der Waals surface area (Å²) in [5, 5.41) is 2.78. The fourth-order valence-corrected chi connectivity index (χ4v) is 1.30. The van der Waals surface area contributed by atoms with Crippen LogP contribution in [0.2, 0.25) is 0 Å². The predicted octanol–water partition coefficient (Wildman–Crippen LogP) is 2.30. The normalized spacial score (nSPS) is 12.4. The molecule has 0 aromatic carbocycles. The number of amides is 1. The molecule has 15 heavy (non-hydrogen) atoms. The number of ketones is 1. The van der Waals surface area contributed by atoms with Crippen molar-refractivity contribution in [3.8, 4) is 0 Å². The molecule has 0 aliphatic heterocycles. The second-order valence-electron chi connectivity index (χ2n) is 6.25. The highest BCUT2D eigenvalue weighted by molar-refractivity contribution is 5.98. The molecule has 0 spiro atoms. The molecule has 0 rings (SSSR count). The lowest BCUT2D eigenvalue weighted by Crippen LogP contribution is -2.41. The van der Waals surface area contributed by atoms with Crippen LogP contribution in [-0.2, 0) is 9.59 Å². The SMILES string of the molecule is CC(C)(C)CC(=O)CC(=O)NC(C)(C)C. The van der Waals surface area contributed by atoms with E-state index in [1.165, 1.54) is 0 Å². The maximum Gasteiger partial charge on any atom is 0.227 e. The van der Waals surface area contributed by atoms with Crippen LogP contribution < -0.4 is 5.32 Å². The fraction of sp³-hybridized carbons (Fsp3) is 0.833. The van der Waals surface area contributed by atoms with E-state index in [0.29, 0.717) is 6.42 Å². The van der Waals surface area contributed by atoms with Crippen LogP contribution >= 0.6 is 0 Å². The number of rotatable bonds is 3. The smallest absolute Gasteiger partial charge is 0.227 e. The van der Waals surface area contributed by atoms with Crippen molar-refractivity contribution in [1.82, 2.24) is 5.32 Å². The van der Waals surface area contributed by atoms with Gasteiger partial charge in [0.15, 0.2) is 0 Å². The van der Waals surface area contributed by atoms with Gasteiger partial charge in [0.2, 0.25) is 5.91 Å². The van der Waals surface area contributed by atoms with E-state index in [2.05, 4.69) is 5.32 Å². The van der Waals surface area contributed by atoms with Crippen LogP contribution in [0, 0.1) is 5.41 Å². The van der Waals surface area contributed by atoms with Gasteiger partial charge in [0, 0.05) is 12.0 Å². The highest BCUT2D eigenvalue weighted by Gasteiger charge is 2.20. The minimum absolute atomic E-state index is 0.00394. The third-order valence-electron chi connectivity index (χ3n) is 1.60. The average molecular weight is 213 g/mol. The van der Waals surface area contributed by atoms with Gasteiger partial charge in [-0.05, 0) is 26.2 Å². The molecule has 0 fully saturated rings. The van der Waals surface area contributed by atoms with Gasteiger partial charge in [-0.25, -0.2) is 0 Å². The number of Topliss-reactive ketones (excluding diaryl/α,β-unsaturated/α-hetero) is 1. The van der Waals surface area contributed by atoms with Gasteiger partial charge in [0.1, 0.15) is 5.78 Å². The fourth-order valence-electron chi connectivity index (χ4n) is 1.30. The Balaban J connectivity index is 4.04. The van der Waals surface area contributed by atoms with E-state index in [1.807, 2.05) is 41.5 Å². The van der Waals surface area contributed by atoms with Crippen LogP contribution in [-0.4, -0.2) is 17.2 Å². The summed E-state index contributed by atoms with van der Waals surface area (Å²) in [6.07, 6.45) is 0.444. The van der Waals surface area contributed by atoms with E-state index in [9.17, 15) is 9.59 Å². The molecule has 0 atom stereocenters. The van der Waals surface area contributed by atoms with Crippen LogP contribution in [0.1, 0.15) is 54.4 Å². The van der Waals surface area contributed by atoms with Crippen molar-refractivity contribution in [1.29, 1.82) is 0 Å². The third kappa shape index (κ3) is 9.44. The minimum atomic E-state index is -0.265. The second kappa shape index (κ2) is 4.77. The Hall–Kier alpha value is -0.860. The van der Waals surface area contributed by atoms with Crippen molar-refractivity contribution in [2.75, 3.05) is 0 Å². The summed E-state index contributed by atoms with van der Waals surface area (Å²) >= 11 is 0. The molecule has 1 amide bonds. The summed E-state index contributed by atoms with van der Waals surface area (Å²) in [5.74, 6) is -0.180. The van der Waals surface area contributed by atoms with Crippen LogP contribution in [0.5, 0.6) is 0 Å². The molecule has 0 aliphatic rings. The Morgan fingerprint density at radius 2 is 1.47 bits per heavy atom. The van der Waals surface area contributed by atoms with Gasteiger partial charge in [-0.15, -0.1) is 0 Å². The number of hydrogen-bond donors (Lipinski definition) is 1. The number of carbonyl (C=O) groups is 2. The maximum atomic E-state index is 11.5. The first kappa shape index (κ1) is 14.1. The summed E-state index contributed by atoms with van der Waals surface area (Å²) in [6.45, 7) is 11.7. The van der Waals surface area contributed by atoms with E-state index in [-0.39, 0.29) is 29.1 Å². The average Bonchev–Trinajstić information content (AvgIpc) is 1.73. The lowest BCUT2D eigenvalue weighted by atomic mass is 9.89. The molecule has 3 heteroatoms. The lowest BCUT2D eigenvalue weighted by Gasteiger charge is -2.21. The molecule has 0 heterocycles. The molecule has 0 radical (unpaired) electrons. The lowest BCUT2D eigenvalue weighted by molar-refractivity contribution is -0.129. The van der Waals surface area contributed by atoms with E-state index in [4.69, 9.17) is 0 Å². The van der Waals surface area contributed by atoms with Gasteiger partial charge in [-0.3, -0.25) is 9.59 Å². The van der Waals surface area contributed by atoms with Gasteiger partial charge < -0.3 is 5.32 Å². The van der Waals surface area contributed by atoms with E-state index in [1.54, 1.807) is 0 Å². The third-order valence-corrected chi connectivity index (χ3v) is 1.60. The van der Waals surface area contributed by atoms with E-state index >= 15 is 0 Å². The molecule has 88 valence electrons. The van der Waals surface area contributed by atoms with Crippen LogP contribution in [0.3, 0.4) is 0 Å². The summed E-state index contributed by atoms with van der Waals surface area (Å²) < 4.78 is 0. The van der Waals surface area contributed by atoms with Crippen molar-refractivity contribution in [3.05, 3.63) is 0 Å². The Kier molecular flexibility index (Phi) is 4.50. The van der Waals surface area contributed by atoms with Crippen molar-refractivity contribution < 1.29 is 9.59 Å². The molecule has 0 aromatic rings. The van der Waals surface area contributed by atoms with Gasteiger partial charge in [0.25, 0.3) is 0 Å². The monoisotopic (exact) mass is 213 g/mol. The van der Waals surface area contributed by atoms with Crippen molar-refractivity contribution in [2.24, 2.45) is 5.41 Å². The highest BCUT2D eigenvalue weighted by atomic mass is 16.2. The van der Waals surface area contributed by atoms with Crippen molar-refractivity contribution in [3.63, 3.8) is 0 Å². The van der Waals surface area contributed by atoms with E-state index < -0.39 is 0 Å². The summed E-state index contributed by atoms with van der Waals surface area (Å²) in [6, 6.07) is 0. The van der Waals surface area contributed by atoms with Gasteiger partial charge in [-0.2, -0.15) is 0 Å². The Bertz CT molecular complexity index is 217. The molecule has 0 saturated heterocycles. The molecule has 0 aliphatic carbocycles. The van der Waals surface area contributed by atoms with Crippen molar-refractivity contribution in [2.45, 2.75) is 59.9 Å². The zero-order valence-corrected chi connectivity index (χ0v) is 10.7. The summed E-state index contributed by atoms with van der Waals surface area (Å²) in [4.78, 5) is 22.9. The minimum Gasteiger partial charge on any atom is -0.351 e. The largest absolute Gasteiger partial charge is 0.351 e. The molecular weight excluding hydrogens is 190 g/mol. The first-order chi connectivity index (χ1) is 6.49. The van der Waals surface area contributed by atoms with Crippen LogP contribution in [0.25, 0.3) is 0 Å². The predicted molar refractivity (Wildman–Crippen MR) is 61.6 cm³/mol. The molecule has 3 nitrogen and oxygen atoms in total. The number of nitrogens with one attached hydrogen (secondary N) is 1. The van der Waals surface area contributed by atoms with Gasteiger partial charge in [-0.1, -0.05) is 20.8 Å². The molecular formula is C12H23NO2. The zero-order valence-electron chi connectivity index (χ0n) is 10.7. The van der Waals surface area contributed by atoms with Crippen molar-refractivity contribution >= 4 is 11.7 Å². The Morgan fingerprint density at radius 3 is 1.80 bits per heavy atom. The maximum absolute atomic E-state index is 11.5. The van der Waals surface area contributed by atoms with Crippen LogP contribution in [0.4, 0.5) is 0 Å². The number of carbonyl (C=O) groups excluding carboxylic acids is 2. The standard InChI is InChI=1S/C12H23NO2/c1-11(2,3)8-9(14)7-10(15)13-12(4,5)6/h7-8H2,1-6H3,(H,13,15). The summed E-state index contributed by atoms with van der Waals surface area (Å²) in [7, 11) is 0. The van der Waals surface area contributed by atoms with Gasteiger partial charge >= 0.3 is 0 Å². The molecule has 0 bridgehead atoms. The molecule has 1 N–H and O–H groups in total. The molecule has 0 aromatic heterocycles. The zero-order chi connectivity index (χ0) is 12.3. The van der Waals surface area contributed by atoms with E-state index in [0.717, 1.165) is 0 Å². The Morgan fingerprint density at radius 1 is 1.00 bits per heavy atom. The summed E-state index contributed by atoms with van der Waals surface area (Å²) in [5.41, 5.74) is -0.307. The molecule has 0 unspecified atom stereocenters. The quantitative estimate of drug-likeness (QED) is 0.731. The first-order valence-electron chi connectivity index (χ1n) is 5.32. The van der Waals surface area contributed by atoms with Crippen LogP contribution in [0.15, 0.2) is 0 Å². The first-order valence-corrected chi connectivity index (χ1v) is 5.32. The highest BCUT2D eigenvalue weighted by Crippen LogP contribution is 2.19. The topological polar surface area (TPSA) is 46.2 Å². The molecule has 0 saturated carbocycles. The second-order valence-corrected chi connectivity index (χ2v) is 6.25. The number of hydrogen-bond acceptors (Lipinski definition) is 2.